The molecule has 2 aromatic rings. The zero-order valence-electron chi connectivity index (χ0n) is 12.4. The van der Waals surface area contributed by atoms with Crippen LogP contribution in [0, 0.1) is 0 Å². The Bertz CT molecular complexity index is 520. The van der Waals surface area contributed by atoms with Gasteiger partial charge in [0.1, 0.15) is 19.8 Å². The maximum atomic E-state index is 9.37. The Kier molecular flexibility index (Phi) is 8.23. The van der Waals surface area contributed by atoms with Gasteiger partial charge in [-0.25, -0.2) is 14.7 Å². The molecule has 0 radical (unpaired) electrons. The molecule has 0 aliphatic heterocycles. The van der Waals surface area contributed by atoms with Crippen LogP contribution >= 0.6 is 0 Å². The van der Waals surface area contributed by atoms with E-state index in [1.165, 1.54) is 0 Å². The molecule has 0 heterocycles. The molecule has 23 heavy (non-hydrogen) atoms. The van der Waals surface area contributed by atoms with E-state index >= 15 is 0 Å². The summed E-state index contributed by atoms with van der Waals surface area (Å²) in [5.74, 6) is 0. The fourth-order valence-corrected chi connectivity index (χ4v) is 1.55. The van der Waals surface area contributed by atoms with Crippen molar-refractivity contribution in [3.05, 3.63) is 71.8 Å². The average Bonchev–Trinajstić information content (AvgIpc) is 2.60. The number of aliphatic hydroxyl groups excluding tert-OH is 1. The van der Waals surface area contributed by atoms with Crippen molar-refractivity contribution < 1.29 is 34.7 Å². The van der Waals surface area contributed by atoms with E-state index in [9.17, 15) is 5.11 Å². The Balaban J connectivity index is 1.45. The summed E-state index contributed by atoms with van der Waals surface area (Å²) < 4.78 is 0. The number of aliphatic hydroxyl groups is 1. The summed E-state index contributed by atoms with van der Waals surface area (Å²) >= 11 is 0. The van der Waals surface area contributed by atoms with Gasteiger partial charge in [-0.3, -0.25) is 0 Å². The molecule has 124 valence electrons. The fraction of sp³-hybridized carbons (Fsp3) is 0.250. The summed E-state index contributed by atoms with van der Waals surface area (Å²) in [4.78, 5) is 18.7. The molecule has 0 saturated carbocycles. The molecule has 0 fully saturated rings. The summed E-state index contributed by atoms with van der Waals surface area (Å²) in [5, 5.41) is 18.2. The lowest BCUT2D eigenvalue weighted by atomic mass is 10.2. The molecule has 0 bridgehead atoms. The summed E-state index contributed by atoms with van der Waals surface area (Å²) in [6, 6.07) is 18.8. The maximum absolute atomic E-state index is 9.37. The molecule has 7 nitrogen and oxygen atoms in total. The van der Waals surface area contributed by atoms with Crippen LogP contribution in [0.5, 0.6) is 0 Å². The predicted molar refractivity (Wildman–Crippen MR) is 77.7 cm³/mol. The quantitative estimate of drug-likeness (QED) is 0.295. The van der Waals surface area contributed by atoms with Crippen LogP contribution in [0.25, 0.3) is 0 Å². The highest BCUT2D eigenvalue weighted by atomic mass is 17.5. The van der Waals surface area contributed by atoms with Gasteiger partial charge in [-0.1, -0.05) is 70.7 Å². The largest absolute Gasteiger partial charge is 0.364 e. The van der Waals surface area contributed by atoms with Crippen molar-refractivity contribution in [3.8, 4) is 0 Å². The van der Waals surface area contributed by atoms with Crippen LogP contribution < -0.4 is 0 Å². The van der Waals surface area contributed by atoms with Gasteiger partial charge in [-0.05, 0) is 11.1 Å². The fourth-order valence-electron chi connectivity index (χ4n) is 1.55. The molecule has 0 aliphatic carbocycles. The Morgan fingerprint density at radius 3 is 1.78 bits per heavy atom. The van der Waals surface area contributed by atoms with Crippen LogP contribution in [-0.2, 0) is 42.8 Å². The Labute approximate surface area is 133 Å². The standard InChI is InChI=1S/C16H18O7/c17-16(21-23-19-12-15-9-5-2-6-10-15)13-20-22-18-11-14-7-3-1-4-8-14/h1-10,16-17H,11-13H2. The van der Waals surface area contributed by atoms with Crippen LogP contribution in [0.15, 0.2) is 60.7 Å². The van der Waals surface area contributed by atoms with Crippen LogP contribution in [0.1, 0.15) is 11.1 Å². The summed E-state index contributed by atoms with van der Waals surface area (Å²) in [5.41, 5.74) is 1.82. The first-order valence-corrected chi connectivity index (χ1v) is 6.96. The third-order valence-electron chi connectivity index (χ3n) is 2.64. The lowest BCUT2D eigenvalue weighted by Gasteiger charge is -2.09. The molecule has 0 aliphatic rings. The molecule has 2 rings (SSSR count). The van der Waals surface area contributed by atoms with E-state index in [0.29, 0.717) is 0 Å². The molecule has 2 aromatic carbocycles. The zero-order valence-corrected chi connectivity index (χ0v) is 12.4. The minimum absolute atomic E-state index is 0.186. The Morgan fingerprint density at radius 2 is 1.22 bits per heavy atom. The van der Waals surface area contributed by atoms with E-state index in [-0.39, 0.29) is 19.8 Å². The first-order chi connectivity index (χ1) is 11.3. The van der Waals surface area contributed by atoms with Gasteiger partial charge in [0.2, 0.25) is 6.29 Å². The molecule has 0 saturated heterocycles. The van der Waals surface area contributed by atoms with Crippen molar-refractivity contribution >= 4 is 0 Å². The van der Waals surface area contributed by atoms with Crippen molar-refractivity contribution in [1.82, 2.24) is 0 Å². The third kappa shape index (κ3) is 7.82. The summed E-state index contributed by atoms with van der Waals surface area (Å²) in [7, 11) is 0. The van der Waals surface area contributed by atoms with Gasteiger partial charge in [-0.15, -0.1) is 0 Å². The number of hydrogen-bond acceptors (Lipinski definition) is 7. The van der Waals surface area contributed by atoms with Crippen molar-refractivity contribution in [1.29, 1.82) is 0 Å². The van der Waals surface area contributed by atoms with Gasteiger partial charge in [0.05, 0.1) is 0 Å². The second-order valence-corrected chi connectivity index (χ2v) is 4.47. The van der Waals surface area contributed by atoms with E-state index < -0.39 is 6.29 Å². The molecule has 0 spiro atoms. The molecular weight excluding hydrogens is 304 g/mol. The van der Waals surface area contributed by atoms with Crippen molar-refractivity contribution in [3.63, 3.8) is 0 Å². The summed E-state index contributed by atoms with van der Waals surface area (Å²) in [6.45, 7) is 0.0864. The second kappa shape index (κ2) is 10.8. The number of benzene rings is 2. The minimum Gasteiger partial charge on any atom is -0.364 e. The predicted octanol–water partition coefficient (Wildman–Crippen LogP) is 2.46. The van der Waals surface area contributed by atoms with Crippen LogP contribution in [-0.4, -0.2) is 18.0 Å². The van der Waals surface area contributed by atoms with E-state index in [1.54, 1.807) is 0 Å². The minimum atomic E-state index is -1.38. The summed E-state index contributed by atoms with van der Waals surface area (Å²) in [6.07, 6.45) is -1.38. The second-order valence-electron chi connectivity index (χ2n) is 4.47. The van der Waals surface area contributed by atoms with Crippen molar-refractivity contribution in [2.24, 2.45) is 0 Å². The highest BCUT2D eigenvalue weighted by Crippen LogP contribution is 2.03. The molecule has 1 N–H and O–H groups in total. The van der Waals surface area contributed by atoms with Crippen LogP contribution in [0.4, 0.5) is 0 Å². The highest BCUT2D eigenvalue weighted by molar-refractivity contribution is 5.13. The normalized spacial score (nSPS) is 12.2. The zero-order chi connectivity index (χ0) is 16.2. The number of hydrogen-bond donors (Lipinski definition) is 1. The first-order valence-electron chi connectivity index (χ1n) is 6.96. The maximum Gasteiger partial charge on any atom is 0.218 e. The van der Waals surface area contributed by atoms with E-state index in [1.807, 2.05) is 60.7 Å². The lowest BCUT2D eigenvalue weighted by Crippen LogP contribution is -2.19. The van der Waals surface area contributed by atoms with E-state index in [4.69, 9.17) is 9.78 Å². The molecule has 1 unspecified atom stereocenters. The molecule has 1 atom stereocenters. The van der Waals surface area contributed by atoms with E-state index in [0.717, 1.165) is 11.1 Å². The highest BCUT2D eigenvalue weighted by Gasteiger charge is 2.07. The Hall–Kier alpha value is -1.84. The number of rotatable bonds is 11. The van der Waals surface area contributed by atoms with Crippen LogP contribution in [0.3, 0.4) is 0 Å². The van der Waals surface area contributed by atoms with Gasteiger partial charge in [0.15, 0.2) is 0 Å². The van der Waals surface area contributed by atoms with Crippen molar-refractivity contribution in [2.45, 2.75) is 19.5 Å². The third-order valence-corrected chi connectivity index (χ3v) is 2.64. The lowest BCUT2D eigenvalue weighted by molar-refractivity contribution is -0.571. The molecule has 7 heteroatoms. The smallest absolute Gasteiger partial charge is 0.218 e. The molecule has 0 aromatic heterocycles. The van der Waals surface area contributed by atoms with Gasteiger partial charge < -0.3 is 5.11 Å². The van der Waals surface area contributed by atoms with Gasteiger partial charge >= 0.3 is 0 Å². The topological polar surface area (TPSA) is 75.6 Å². The molecular formula is C16H18O7. The average molecular weight is 322 g/mol. The van der Waals surface area contributed by atoms with E-state index in [2.05, 4.69) is 19.9 Å². The van der Waals surface area contributed by atoms with Crippen LogP contribution in [0.2, 0.25) is 0 Å². The molecule has 0 amide bonds. The van der Waals surface area contributed by atoms with Crippen molar-refractivity contribution in [2.75, 3.05) is 6.61 Å². The van der Waals surface area contributed by atoms with Gasteiger partial charge in [0.25, 0.3) is 0 Å². The Morgan fingerprint density at radius 1 is 0.696 bits per heavy atom. The first kappa shape index (κ1) is 17.5. The van der Waals surface area contributed by atoms with Gasteiger partial charge in [-0.2, -0.15) is 4.89 Å². The SMILES string of the molecule is OC(COOOCc1ccccc1)OOOCc1ccccc1. The monoisotopic (exact) mass is 322 g/mol. The van der Waals surface area contributed by atoms with Gasteiger partial charge in [0, 0.05) is 0 Å².